The van der Waals surface area contributed by atoms with Crippen molar-refractivity contribution in [1.82, 2.24) is 15.0 Å². The quantitative estimate of drug-likeness (QED) is 0.597. The first-order chi connectivity index (χ1) is 14.0. The summed E-state index contributed by atoms with van der Waals surface area (Å²) in [7, 11) is 0. The Kier molecular flexibility index (Phi) is 5.47. The van der Waals surface area contributed by atoms with E-state index in [1.165, 1.54) is 11.1 Å². The van der Waals surface area contributed by atoms with Gasteiger partial charge in [0, 0.05) is 25.1 Å². The van der Waals surface area contributed by atoms with E-state index in [1.807, 2.05) is 35.2 Å². The number of likely N-dealkylation sites (tertiary alicyclic amines) is 1. The van der Waals surface area contributed by atoms with Crippen molar-refractivity contribution < 1.29 is 9.32 Å². The molecule has 29 heavy (non-hydrogen) atoms. The van der Waals surface area contributed by atoms with E-state index in [2.05, 4.69) is 55.2 Å². The second-order valence-electron chi connectivity index (χ2n) is 8.24. The van der Waals surface area contributed by atoms with Crippen LogP contribution in [0.5, 0.6) is 0 Å². The van der Waals surface area contributed by atoms with Gasteiger partial charge in [-0.15, -0.1) is 0 Å². The zero-order valence-corrected chi connectivity index (χ0v) is 17.2. The zero-order chi connectivity index (χ0) is 20.4. The number of aromatic nitrogens is 2. The largest absolute Gasteiger partial charge is 0.341 e. The Hall–Kier alpha value is -2.95. The van der Waals surface area contributed by atoms with E-state index in [9.17, 15) is 4.79 Å². The summed E-state index contributed by atoms with van der Waals surface area (Å²) in [5.74, 6) is 2.02. The van der Waals surface area contributed by atoms with Crippen molar-refractivity contribution in [2.45, 2.75) is 44.9 Å². The van der Waals surface area contributed by atoms with E-state index in [0.29, 0.717) is 37.1 Å². The monoisotopic (exact) mass is 389 g/mol. The third-order valence-corrected chi connectivity index (χ3v) is 5.70. The highest BCUT2D eigenvalue weighted by Crippen LogP contribution is 2.30. The van der Waals surface area contributed by atoms with Crippen LogP contribution >= 0.6 is 0 Å². The molecule has 1 saturated heterocycles. The average molecular weight is 389 g/mol. The minimum Gasteiger partial charge on any atom is -0.341 e. The maximum Gasteiger partial charge on any atom is 0.232 e. The van der Waals surface area contributed by atoms with Crippen molar-refractivity contribution in [3.8, 4) is 11.4 Å². The predicted octanol–water partition coefficient (Wildman–Crippen LogP) is 4.98. The maximum absolute atomic E-state index is 12.5. The van der Waals surface area contributed by atoms with Gasteiger partial charge >= 0.3 is 0 Å². The molecular formula is C24H27N3O2. The first-order valence-electron chi connectivity index (χ1n) is 10.3. The number of carbonyl (C=O) groups is 1. The van der Waals surface area contributed by atoms with Gasteiger partial charge in [-0.3, -0.25) is 4.79 Å². The molecule has 0 radical (unpaired) electrons. The topological polar surface area (TPSA) is 59.2 Å². The van der Waals surface area contributed by atoms with Gasteiger partial charge in [0.15, 0.2) is 0 Å². The Morgan fingerprint density at radius 3 is 2.45 bits per heavy atom. The first kappa shape index (κ1) is 19.4. The molecular weight excluding hydrogens is 362 g/mol. The van der Waals surface area contributed by atoms with Crippen LogP contribution in [0.3, 0.4) is 0 Å². The number of rotatable bonds is 6. The summed E-state index contributed by atoms with van der Waals surface area (Å²) in [5, 5.41) is 4.15. The van der Waals surface area contributed by atoms with E-state index >= 15 is 0 Å². The van der Waals surface area contributed by atoms with E-state index in [1.54, 1.807) is 0 Å². The fourth-order valence-corrected chi connectivity index (χ4v) is 3.87. The fraction of sp³-hybridized carbons (Fsp3) is 0.375. The Labute approximate surface area is 171 Å². The Bertz CT molecular complexity index is 963. The number of hydrogen-bond acceptors (Lipinski definition) is 4. The maximum atomic E-state index is 12.5. The summed E-state index contributed by atoms with van der Waals surface area (Å²) in [6.07, 6.45) is 0.426. The minimum atomic E-state index is -0.0401. The highest BCUT2D eigenvalue weighted by molar-refractivity contribution is 5.79. The van der Waals surface area contributed by atoms with Crippen molar-refractivity contribution in [3.63, 3.8) is 0 Å². The molecule has 2 aromatic carbocycles. The molecule has 0 spiro atoms. The van der Waals surface area contributed by atoms with E-state index in [-0.39, 0.29) is 17.7 Å². The molecule has 2 heterocycles. The van der Waals surface area contributed by atoms with Gasteiger partial charge < -0.3 is 9.42 Å². The van der Waals surface area contributed by atoms with Gasteiger partial charge in [-0.1, -0.05) is 80.5 Å². The van der Waals surface area contributed by atoms with Crippen molar-refractivity contribution in [2.24, 2.45) is 0 Å². The van der Waals surface area contributed by atoms with Crippen LogP contribution in [0, 0.1) is 0 Å². The Morgan fingerprint density at radius 2 is 1.76 bits per heavy atom. The summed E-state index contributed by atoms with van der Waals surface area (Å²) in [4.78, 5) is 19.0. The molecule has 5 heteroatoms. The highest BCUT2D eigenvalue weighted by atomic mass is 16.5. The summed E-state index contributed by atoms with van der Waals surface area (Å²) in [6, 6.07) is 18.5. The SMILES string of the molecule is CC(C)c1ccc(-c2noc(C3CC(=O)N(CC(C)c4ccccc4)C3)n2)cc1. The van der Waals surface area contributed by atoms with Crippen LogP contribution in [-0.2, 0) is 4.79 Å². The van der Waals surface area contributed by atoms with Crippen molar-refractivity contribution in [2.75, 3.05) is 13.1 Å². The predicted molar refractivity (Wildman–Crippen MR) is 113 cm³/mol. The number of hydrogen-bond donors (Lipinski definition) is 0. The Balaban J connectivity index is 1.43. The van der Waals surface area contributed by atoms with E-state index in [0.717, 1.165) is 5.56 Å². The van der Waals surface area contributed by atoms with Crippen molar-refractivity contribution in [3.05, 3.63) is 71.6 Å². The van der Waals surface area contributed by atoms with Gasteiger partial charge in [0.05, 0.1) is 5.92 Å². The van der Waals surface area contributed by atoms with E-state index < -0.39 is 0 Å². The van der Waals surface area contributed by atoms with Gasteiger partial charge in [-0.05, 0) is 23.0 Å². The van der Waals surface area contributed by atoms with Crippen LogP contribution < -0.4 is 0 Å². The van der Waals surface area contributed by atoms with Crippen LogP contribution in [0.4, 0.5) is 0 Å². The van der Waals surface area contributed by atoms with Crippen LogP contribution in [0.1, 0.15) is 62.0 Å². The van der Waals surface area contributed by atoms with E-state index in [4.69, 9.17) is 4.52 Å². The molecule has 150 valence electrons. The second kappa shape index (κ2) is 8.19. The first-order valence-corrected chi connectivity index (χ1v) is 10.3. The van der Waals surface area contributed by atoms with Gasteiger partial charge in [-0.25, -0.2) is 0 Å². The average Bonchev–Trinajstić information content (AvgIpc) is 3.36. The second-order valence-corrected chi connectivity index (χ2v) is 8.24. The van der Waals surface area contributed by atoms with Gasteiger partial charge in [0.1, 0.15) is 0 Å². The molecule has 5 nitrogen and oxygen atoms in total. The number of carbonyl (C=O) groups excluding carboxylic acids is 1. The molecule has 4 rings (SSSR count). The standard InChI is InChI=1S/C24H27N3O2/c1-16(2)18-9-11-20(12-10-18)23-25-24(29-26-23)21-13-22(28)27(15-21)14-17(3)19-7-5-4-6-8-19/h4-12,16-17,21H,13-15H2,1-3H3. The molecule has 0 bridgehead atoms. The molecule has 1 aromatic heterocycles. The molecule has 2 atom stereocenters. The number of benzene rings is 2. The number of nitrogens with zero attached hydrogens (tertiary/aromatic N) is 3. The lowest BCUT2D eigenvalue weighted by Crippen LogP contribution is -2.29. The van der Waals surface area contributed by atoms with Crippen LogP contribution in [-0.4, -0.2) is 34.0 Å². The van der Waals surface area contributed by atoms with Crippen LogP contribution in [0.25, 0.3) is 11.4 Å². The highest BCUT2D eigenvalue weighted by Gasteiger charge is 2.35. The van der Waals surface area contributed by atoms with Crippen molar-refractivity contribution >= 4 is 5.91 Å². The van der Waals surface area contributed by atoms with Crippen molar-refractivity contribution in [1.29, 1.82) is 0 Å². The smallest absolute Gasteiger partial charge is 0.232 e. The summed E-state index contributed by atoms with van der Waals surface area (Å²) >= 11 is 0. The normalized spacial score (nSPS) is 17.9. The summed E-state index contributed by atoms with van der Waals surface area (Å²) in [6.45, 7) is 7.83. The third-order valence-electron chi connectivity index (χ3n) is 5.70. The summed E-state index contributed by atoms with van der Waals surface area (Å²) in [5.41, 5.74) is 3.46. The number of amides is 1. The molecule has 0 aliphatic carbocycles. The van der Waals surface area contributed by atoms with Gasteiger partial charge in [0.25, 0.3) is 0 Å². The van der Waals surface area contributed by atoms with Gasteiger partial charge in [0.2, 0.25) is 17.6 Å². The Morgan fingerprint density at radius 1 is 1.03 bits per heavy atom. The fourth-order valence-electron chi connectivity index (χ4n) is 3.87. The lowest BCUT2D eigenvalue weighted by atomic mass is 10.0. The van der Waals surface area contributed by atoms with Crippen LogP contribution in [0.15, 0.2) is 59.1 Å². The molecule has 0 N–H and O–H groups in total. The molecule has 1 fully saturated rings. The molecule has 0 saturated carbocycles. The molecule has 1 aliphatic heterocycles. The zero-order valence-electron chi connectivity index (χ0n) is 17.2. The molecule has 2 unspecified atom stereocenters. The minimum absolute atomic E-state index is 0.0401. The van der Waals surface area contributed by atoms with Crippen LogP contribution in [0.2, 0.25) is 0 Å². The lowest BCUT2D eigenvalue weighted by Gasteiger charge is -2.21. The molecule has 1 amide bonds. The lowest BCUT2D eigenvalue weighted by molar-refractivity contribution is -0.127. The molecule has 3 aromatic rings. The van der Waals surface area contributed by atoms with Gasteiger partial charge in [-0.2, -0.15) is 4.98 Å². The third kappa shape index (κ3) is 4.24. The molecule has 1 aliphatic rings. The summed E-state index contributed by atoms with van der Waals surface area (Å²) < 4.78 is 5.53.